The Morgan fingerprint density at radius 1 is 1.45 bits per heavy atom. The van der Waals surface area contributed by atoms with Gasteiger partial charge in [0.2, 0.25) is 0 Å². The summed E-state index contributed by atoms with van der Waals surface area (Å²) < 4.78 is 48.6. The summed E-state index contributed by atoms with van der Waals surface area (Å²) in [7, 11) is 0. The van der Waals surface area contributed by atoms with Gasteiger partial charge in [-0.3, -0.25) is 5.41 Å². The van der Waals surface area contributed by atoms with Crippen LogP contribution in [0.3, 0.4) is 0 Å². The monoisotopic (exact) mass is 288 g/mol. The molecule has 1 aliphatic heterocycles. The first-order chi connectivity index (χ1) is 9.38. The highest BCUT2D eigenvalue weighted by molar-refractivity contribution is 5.97. The molecule has 1 heterocycles. The van der Waals surface area contributed by atoms with Gasteiger partial charge in [0.25, 0.3) is 0 Å². The van der Waals surface area contributed by atoms with Gasteiger partial charge < -0.3 is 15.2 Å². The lowest BCUT2D eigenvalue weighted by Gasteiger charge is -2.15. The number of halogens is 3. The minimum absolute atomic E-state index is 0.0428. The first-order valence-electron chi connectivity index (χ1n) is 6.14. The SMILES string of the molecule is N=C(N)c1cc(C(F)(F)F)ccc1OCC1CCOC1. The Morgan fingerprint density at radius 2 is 2.20 bits per heavy atom. The van der Waals surface area contributed by atoms with E-state index in [0.29, 0.717) is 19.8 Å². The van der Waals surface area contributed by atoms with Crippen LogP contribution in [-0.4, -0.2) is 25.7 Å². The van der Waals surface area contributed by atoms with Crippen LogP contribution in [0, 0.1) is 11.3 Å². The minimum Gasteiger partial charge on any atom is -0.492 e. The van der Waals surface area contributed by atoms with Crippen LogP contribution >= 0.6 is 0 Å². The van der Waals surface area contributed by atoms with Crippen molar-refractivity contribution >= 4 is 5.84 Å². The molecule has 3 N–H and O–H groups in total. The molecule has 0 radical (unpaired) electrons. The van der Waals surface area contributed by atoms with E-state index in [4.69, 9.17) is 20.6 Å². The molecule has 1 fully saturated rings. The molecule has 1 aromatic carbocycles. The Bertz CT molecular complexity index is 497. The minimum atomic E-state index is -4.47. The molecule has 1 saturated heterocycles. The highest BCUT2D eigenvalue weighted by atomic mass is 19.4. The highest BCUT2D eigenvalue weighted by Crippen LogP contribution is 2.32. The molecule has 1 aromatic rings. The van der Waals surface area contributed by atoms with E-state index in [1.807, 2.05) is 0 Å². The fraction of sp³-hybridized carbons (Fsp3) is 0.462. The van der Waals surface area contributed by atoms with E-state index in [1.54, 1.807) is 0 Å². The summed E-state index contributed by atoms with van der Waals surface area (Å²) in [6.45, 7) is 1.59. The third kappa shape index (κ3) is 3.41. The molecule has 0 aliphatic carbocycles. The molecule has 4 nitrogen and oxygen atoms in total. The van der Waals surface area contributed by atoms with Crippen LogP contribution in [0.25, 0.3) is 0 Å². The maximum absolute atomic E-state index is 12.6. The van der Waals surface area contributed by atoms with Gasteiger partial charge in [-0.05, 0) is 24.6 Å². The second-order valence-electron chi connectivity index (χ2n) is 4.66. The van der Waals surface area contributed by atoms with E-state index in [-0.39, 0.29) is 17.2 Å². The van der Waals surface area contributed by atoms with Crippen molar-refractivity contribution in [2.45, 2.75) is 12.6 Å². The fourth-order valence-corrected chi connectivity index (χ4v) is 1.97. The van der Waals surface area contributed by atoms with Crippen molar-refractivity contribution in [3.05, 3.63) is 29.3 Å². The molecule has 20 heavy (non-hydrogen) atoms. The molecule has 0 amide bonds. The van der Waals surface area contributed by atoms with Gasteiger partial charge in [-0.25, -0.2) is 0 Å². The normalized spacial score (nSPS) is 19.1. The molecule has 1 unspecified atom stereocenters. The summed E-state index contributed by atoms with van der Waals surface area (Å²) in [5, 5.41) is 7.37. The standard InChI is InChI=1S/C13H15F3N2O2/c14-13(15,16)9-1-2-11(10(5-9)12(17)18)20-7-8-3-4-19-6-8/h1-2,5,8H,3-4,6-7H2,(H3,17,18). The Labute approximate surface area is 114 Å². The van der Waals surface area contributed by atoms with E-state index in [2.05, 4.69) is 0 Å². The molecule has 0 spiro atoms. The lowest BCUT2D eigenvalue weighted by molar-refractivity contribution is -0.137. The lowest BCUT2D eigenvalue weighted by Crippen LogP contribution is -2.18. The maximum Gasteiger partial charge on any atom is 0.416 e. The van der Waals surface area contributed by atoms with Crippen molar-refractivity contribution in [2.24, 2.45) is 11.7 Å². The molecule has 0 bridgehead atoms. The number of benzene rings is 1. The van der Waals surface area contributed by atoms with Crippen molar-refractivity contribution in [1.29, 1.82) is 5.41 Å². The van der Waals surface area contributed by atoms with E-state index in [1.165, 1.54) is 6.07 Å². The first kappa shape index (κ1) is 14.6. The zero-order chi connectivity index (χ0) is 14.8. The number of hydrogen-bond acceptors (Lipinski definition) is 3. The van der Waals surface area contributed by atoms with E-state index >= 15 is 0 Å². The topological polar surface area (TPSA) is 68.3 Å². The predicted molar refractivity (Wildman–Crippen MR) is 66.9 cm³/mol. The van der Waals surface area contributed by atoms with Crippen LogP contribution in [0.5, 0.6) is 5.75 Å². The summed E-state index contributed by atoms with van der Waals surface area (Å²) in [6, 6.07) is 2.96. The third-order valence-electron chi connectivity index (χ3n) is 3.10. The van der Waals surface area contributed by atoms with Gasteiger partial charge in [0.05, 0.1) is 24.3 Å². The van der Waals surface area contributed by atoms with Crippen molar-refractivity contribution in [3.8, 4) is 5.75 Å². The summed E-state index contributed by atoms with van der Waals surface area (Å²) >= 11 is 0. The van der Waals surface area contributed by atoms with E-state index in [9.17, 15) is 13.2 Å². The summed E-state index contributed by atoms with van der Waals surface area (Å²) in [5.74, 6) is -0.0386. The van der Waals surface area contributed by atoms with Gasteiger partial charge >= 0.3 is 6.18 Å². The Kier molecular flexibility index (Phi) is 4.17. The van der Waals surface area contributed by atoms with Crippen LogP contribution in [0.1, 0.15) is 17.5 Å². The number of nitrogens with one attached hydrogen (secondary N) is 1. The molecule has 2 rings (SSSR count). The van der Waals surface area contributed by atoms with Gasteiger partial charge in [-0.1, -0.05) is 0 Å². The van der Waals surface area contributed by atoms with Gasteiger partial charge in [0.15, 0.2) is 0 Å². The summed E-state index contributed by atoms with van der Waals surface area (Å²) in [4.78, 5) is 0. The average molecular weight is 288 g/mol. The zero-order valence-corrected chi connectivity index (χ0v) is 10.7. The van der Waals surface area contributed by atoms with Crippen molar-refractivity contribution in [1.82, 2.24) is 0 Å². The predicted octanol–water partition coefficient (Wildman–Crippen LogP) is 2.40. The van der Waals surface area contributed by atoms with Crippen molar-refractivity contribution in [2.75, 3.05) is 19.8 Å². The number of alkyl halides is 3. The number of ether oxygens (including phenoxy) is 2. The first-order valence-corrected chi connectivity index (χ1v) is 6.14. The average Bonchev–Trinajstić information content (AvgIpc) is 2.88. The van der Waals surface area contributed by atoms with Gasteiger partial charge in [-0.2, -0.15) is 13.2 Å². The summed E-state index contributed by atoms with van der Waals surface area (Å²) in [6.07, 6.45) is -3.61. The van der Waals surface area contributed by atoms with Crippen LogP contribution in [0.15, 0.2) is 18.2 Å². The molecular formula is C13H15F3N2O2. The second-order valence-corrected chi connectivity index (χ2v) is 4.66. The maximum atomic E-state index is 12.6. The van der Waals surface area contributed by atoms with Crippen LogP contribution in [0.4, 0.5) is 13.2 Å². The van der Waals surface area contributed by atoms with Crippen LogP contribution in [-0.2, 0) is 10.9 Å². The Balaban J connectivity index is 2.17. The van der Waals surface area contributed by atoms with E-state index < -0.39 is 17.6 Å². The highest BCUT2D eigenvalue weighted by Gasteiger charge is 2.31. The fourth-order valence-electron chi connectivity index (χ4n) is 1.97. The van der Waals surface area contributed by atoms with Gasteiger partial charge in [0, 0.05) is 12.5 Å². The summed E-state index contributed by atoms with van der Waals surface area (Å²) in [5.41, 5.74) is 4.43. The van der Waals surface area contributed by atoms with Crippen molar-refractivity contribution < 1.29 is 22.6 Å². The van der Waals surface area contributed by atoms with Gasteiger partial charge in [0.1, 0.15) is 11.6 Å². The quantitative estimate of drug-likeness (QED) is 0.660. The van der Waals surface area contributed by atoms with Crippen molar-refractivity contribution in [3.63, 3.8) is 0 Å². The molecule has 7 heteroatoms. The number of rotatable bonds is 4. The Hall–Kier alpha value is -1.76. The van der Waals surface area contributed by atoms with E-state index in [0.717, 1.165) is 18.6 Å². The molecule has 1 atom stereocenters. The van der Waals surface area contributed by atoms with Crippen LogP contribution in [0.2, 0.25) is 0 Å². The third-order valence-corrected chi connectivity index (χ3v) is 3.10. The largest absolute Gasteiger partial charge is 0.492 e. The molecule has 0 aromatic heterocycles. The van der Waals surface area contributed by atoms with Crippen LogP contribution < -0.4 is 10.5 Å². The molecule has 0 saturated carbocycles. The van der Waals surface area contributed by atoms with Gasteiger partial charge in [-0.15, -0.1) is 0 Å². The zero-order valence-electron chi connectivity index (χ0n) is 10.7. The number of amidine groups is 1. The molecule has 110 valence electrons. The number of nitrogen functional groups attached to an aromatic ring is 1. The number of nitrogens with two attached hydrogens (primary N) is 1. The second kappa shape index (κ2) is 5.70. The smallest absolute Gasteiger partial charge is 0.416 e. The Morgan fingerprint density at radius 3 is 2.75 bits per heavy atom. The molecular weight excluding hydrogens is 273 g/mol. The number of hydrogen-bond donors (Lipinski definition) is 2. The lowest BCUT2D eigenvalue weighted by atomic mass is 10.1. The molecule has 1 aliphatic rings.